The van der Waals surface area contributed by atoms with Crippen molar-refractivity contribution in [3.05, 3.63) is 321 Å². The van der Waals surface area contributed by atoms with Crippen LogP contribution in [0.1, 0.15) is 148 Å². The highest BCUT2D eigenvalue weighted by atomic mass is 16.5. The maximum absolute atomic E-state index is 11.3. The SMILES string of the molecule is [C-]#[N+]c1c(Oc2ccc3cc(C(C)O)ccc3c2)cccc1Oc1cc2c(cc1Oc1cccc(Oc3ccc4cc(C(C)O)ccc4c3)c1[N+]#[C-])C1(CC(C)(C)c3cc(Oc4cccc(Oc5ccc6cc(C(C)O)ccc6c5)c4C#N)c(Oc4cccc(Oc5ccc6cc(C(C)O)ccc6c5)c4C#N)cc31)CC2(C)C. The molecule has 2 aliphatic carbocycles. The zero-order valence-corrected chi connectivity index (χ0v) is 63.2. The Kier molecular flexibility index (Phi) is 19.0. The zero-order chi connectivity index (χ0) is 78.8. The van der Waals surface area contributed by atoms with Crippen molar-refractivity contribution >= 4 is 54.5 Å². The zero-order valence-electron chi connectivity index (χ0n) is 63.2. The first kappa shape index (κ1) is 73.5. The summed E-state index contributed by atoms with van der Waals surface area (Å²) in [6.07, 6.45) is -1.51. The van der Waals surface area contributed by atoms with Gasteiger partial charge in [-0.05, 0) is 285 Å². The minimum Gasteiger partial charge on any atom is -0.468 e. The van der Waals surface area contributed by atoms with Crippen LogP contribution in [0.3, 0.4) is 0 Å². The molecule has 0 fully saturated rings. The highest BCUT2D eigenvalue weighted by Gasteiger charge is 2.57. The quantitative estimate of drug-likeness (QED) is 0.0523. The van der Waals surface area contributed by atoms with E-state index in [9.17, 15) is 30.9 Å². The first-order chi connectivity index (χ1) is 54.4. The first-order valence-corrected chi connectivity index (χ1v) is 37.2. The molecular weight excluding hydrogens is 1410 g/mol. The topological polar surface area (TPSA) is 211 Å². The Labute approximate surface area is 653 Å². The van der Waals surface area contributed by atoms with E-state index in [-0.39, 0.29) is 91.5 Å². The van der Waals surface area contributed by atoms with E-state index in [1.54, 1.807) is 100 Å². The van der Waals surface area contributed by atoms with Gasteiger partial charge in [-0.15, -0.1) is 0 Å². The van der Waals surface area contributed by atoms with Crippen LogP contribution < -0.4 is 37.9 Å². The number of rotatable bonds is 20. The van der Waals surface area contributed by atoms with Crippen LogP contribution >= 0.6 is 0 Å². The van der Waals surface area contributed by atoms with Crippen LogP contribution in [0.5, 0.6) is 92.0 Å². The lowest BCUT2D eigenvalue weighted by molar-refractivity contribution is 0.199. The number of para-hydroxylation sites is 2. The third-order valence-corrected chi connectivity index (χ3v) is 21.6. The third kappa shape index (κ3) is 14.1. The normalized spacial score (nSPS) is 15.4. The van der Waals surface area contributed by atoms with Gasteiger partial charge in [0.05, 0.1) is 37.6 Å². The van der Waals surface area contributed by atoms with Gasteiger partial charge in [-0.3, -0.25) is 0 Å². The number of benzene rings is 14. The lowest BCUT2D eigenvalue weighted by atomic mass is 9.72. The molecule has 16 rings (SSSR count). The number of hydrogen-bond acceptors (Lipinski definition) is 14. The summed E-state index contributed by atoms with van der Waals surface area (Å²) in [6.45, 7) is 33.1. The van der Waals surface area contributed by atoms with Crippen LogP contribution in [-0.2, 0) is 16.2 Å². The number of nitriles is 2. The van der Waals surface area contributed by atoms with Crippen molar-refractivity contribution in [3.63, 3.8) is 0 Å². The smallest absolute Gasteiger partial charge is 0.270 e. The summed E-state index contributed by atoms with van der Waals surface area (Å²) in [4.78, 5) is 8.09. The van der Waals surface area contributed by atoms with Crippen LogP contribution in [0.15, 0.2) is 243 Å². The number of fused-ring (bicyclic) bond motifs is 8. The highest BCUT2D eigenvalue weighted by molar-refractivity contribution is 5.88. The average molecular weight is 1490 g/mol. The largest absolute Gasteiger partial charge is 0.468 e. The molecule has 556 valence electrons. The van der Waals surface area contributed by atoms with Crippen molar-refractivity contribution < 1.29 is 58.3 Å². The van der Waals surface area contributed by atoms with Gasteiger partial charge in [-0.25, -0.2) is 9.69 Å². The van der Waals surface area contributed by atoms with E-state index < -0.39 is 40.7 Å². The molecule has 0 saturated heterocycles. The Morgan fingerprint density at radius 1 is 0.301 bits per heavy atom. The highest BCUT2D eigenvalue weighted by Crippen LogP contribution is 2.66. The van der Waals surface area contributed by atoms with Gasteiger partial charge in [0.1, 0.15) is 92.3 Å². The van der Waals surface area contributed by atoms with Crippen LogP contribution in [0, 0.1) is 35.8 Å². The minimum absolute atomic E-state index is 0.0726. The number of aliphatic hydroxyl groups is 4. The van der Waals surface area contributed by atoms with Crippen molar-refractivity contribution in [2.24, 2.45) is 0 Å². The Balaban J connectivity index is 0.829. The number of hydrogen-bond donors (Lipinski definition) is 4. The van der Waals surface area contributed by atoms with Gasteiger partial charge in [-0.2, -0.15) is 10.5 Å². The molecule has 14 aromatic carbocycles. The van der Waals surface area contributed by atoms with Crippen LogP contribution in [0.4, 0.5) is 11.4 Å². The van der Waals surface area contributed by atoms with Gasteiger partial charge in [-0.1, -0.05) is 125 Å². The lowest BCUT2D eigenvalue weighted by Crippen LogP contribution is -2.27. The minimum atomic E-state index is -0.837. The molecule has 14 aromatic rings. The van der Waals surface area contributed by atoms with E-state index in [0.717, 1.165) is 87.6 Å². The predicted octanol–water partition coefficient (Wildman–Crippen LogP) is 25.3. The van der Waals surface area contributed by atoms with Crippen LogP contribution in [0.25, 0.3) is 52.8 Å². The predicted molar refractivity (Wildman–Crippen MR) is 436 cm³/mol. The summed E-state index contributed by atoms with van der Waals surface area (Å²) in [5, 5.41) is 70.9. The molecule has 0 heterocycles. The van der Waals surface area contributed by atoms with Gasteiger partial charge in [0.15, 0.2) is 23.0 Å². The molecule has 0 aliphatic heterocycles. The van der Waals surface area contributed by atoms with Crippen molar-refractivity contribution in [3.8, 4) is 104 Å². The summed E-state index contributed by atoms with van der Waals surface area (Å²) in [7, 11) is 0. The van der Waals surface area contributed by atoms with E-state index >= 15 is 0 Å². The molecule has 16 heteroatoms. The second kappa shape index (κ2) is 29.3. The van der Waals surface area contributed by atoms with E-state index in [0.29, 0.717) is 35.8 Å². The lowest BCUT2D eigenvalue weighted by Gasteiger charge is -2.31. The summed E-state index contributed by atoms with van der Waals surface area (Å²) < 4.78 is 54.8. The molecule has 113 heavy (non-hydrogen) atoms. The molecular formula is C97H76N4O12. The van der Waals surface area contributed by atoms with Crippen LogP contribution in [-0.4, -0.2) is 20.4 Å². The summed E-state index contributed by atoms with van der Waals surface area (Å²) in [5.41, 5.74) is 4.99. The Hall–Kier alpha value is -13.7. The Bertz CT molecular complexity index is 6000. The molecule has 5 unspecified atom stereocenters. The van der Waals surface area contributed by atoms with E-state index in [4.69, 9.17) is 51.0 Å². The van der Waals surface area contributed by atoms with Gasteiger partial charge in [0, 0.05) is 5.41 Å². The van der Waals surface area contributed by atoms with Crippen LogP contribution in [0.2, 0.25) is 0 Å². The van der Waals surface area contributed by atoms with Crippen molar-refractivity contribution in [1.82, 2.24) is 0 Å². The van der Waals surface area contributed by atoms with Gasteiger partial charge in [0.25, 0.3) is 11.4 Å². The fourth-order valence-electron chi connectivity index (χ4n) is 16.0. The summed E-state index contributed by atoms with van der Waals surface area (Å²) in [5.74, 6) is 4.31. The molecule has 0 radical (unpaired) electrons. The molecule has 5 atom stereocenters. The fraction of sp³-hybridized carbons (Fsp3) is 0.175. The maximum Gasteiger partial charge on any atom is 0.270 e. The molecule has 0 amide bonds. The maximum atomic E-state index is 11.3. The number of nitrogens with zero attached hydrogens (tertiary/aromatic N) is 4. The van der Waals surface area contributed by atoms with E-state index in [1.807, 2.05) is 170 Å². The second-order valence-electron chi connectivity index (χ2n) is 30.4. The van der Waals surface area contributed by atoms with Crippen molar-refractivity contribution in [2.45, 2.75) is 109 Å². The average Bonchev–Trinajstić information content (AvgIpc) is 1.52. The van der Waals surface area contributed by atoms with Gasteiger partial charge in [0.2, 0.25) is 0 Å². The van der Waals surface area contributed by atoms with Gasteiger partial charge < -0.3 is 58.3 Å². The number of ether oxygens (including phenoxy) is 8. The molecule has 0 bridgehead atoms. The standard InChI is InChI=1S/C97H76N4O12/c1-55(102)59-23-27-67-43-71(35-31-63(67)39-59)106-81-15-11-17-83(75(81)51-98)110-89-47-77-79(49-91(89)111-84-18-12-16-82(76(84)52-99)107-72-36-32-64-40-60(56(2)103)24-28-68(64)44-72)97(53-95(77,5)6)54-96(7,8)78-48-90(112-87-21-13-19-85(93(87)100-9)108-73-37-33-65-41-61(57(3)104)25-29-69(65)45-73)92(50-80(78)97)113-88-22-14-20-86(94(88)101-10)109-74-38-34-66-42-62(58(4)105)26-30-70(66)46-74/h11-50,55-58,102-105H,53-54H2,1-8H3. The molecule has 4 N–H and O–H groups in total. The molecule has 0 aromatic heterocycles. The van der Waals surface area contributed by atoms with Gasteiger partial charge >= 0.3 is 0 Å². The van der Waals surface area contributed by atoms with E-state index in [2.05, 4.69) is 49.5 Å². The van der Waals surface area contributed by atoms with Crippen molar-refractivity contribution in [1.29, 1.82) is 10.5 Å². The molecule has 16 nitrogen and oxygen atoms in total. The Morgan fingerprint density at radius 3 is 0.805 bits per heavy atom. The fourth-order valence-corrected chi connectivity index (χ4v) is 16.0. The van der Waals surface area contributed by atoms with E-state index in [1.165, 1.54) is 0 Å². The first-order valence-electron chi connectivity index (χ1n) is 37.2. The monoisotopic (exact) mass is 1490 g/mol. The molecule has 1 spiro atoms. The second-order valence-corrected chi connectivity index (χ2v) is 30.4. The Morgan fingerprint density at radius 2 is 0.531 bits per heavy atom. The van der Waals surface area contributed by atoms with Crippen molar-refractivity contribution in [2.75, 3.05) is 0 Å². The number of aliphatic hydroxyl groups excluding tert-OH is 4. The summed E-state index contributed by atoms with van der Waals surface area (Å²) in [6, 6.07) is 78.4. The molecule has 2 aliphatic rings. The third-order valence-electron chi connectivity index (χ3n) is 21.6. The summed E-state index contributed by atoms with van der Waals surface area (Å²) >= 11 is 0. The molecule has 0 saturated carbocycles.